The summed E-state index contributed by atoms with van der Waals surface area (Å²) >= 11 is 5.65. The van der Waals surface area contributed by atoms with Crippen LogP contribution in [0.5, 0.6) is 0 Å². The fourth-order valence-electron chi connectivity index (χ4n) is 0.667. The standard InChI is InChI=1S/C7H5ClN2/c1-5-3-6(8)4-7(9-2)10-5/h3-4H,1H3. The molecule has 0 unspecified atom stereocenters. The summed E-state index contributed by atoms with van der Waals surface area (Å²) in [4.78, 5) is 7.06. The summed E-state index contributed by atoms with van der Waals surface area (Å²) < 4.78 is 0. The van der Waals surface area contributed by atoms with Crippen molar-refractivity contribution in [2.45, 2.75) is 6.92 Å². The highest BCUT2D eigenvalue weighted by atomic mass is 35.5. The molecular formula is C7H5ClN2. The van der Waals surface area contributed by atoms with Crippen LogP contribution in [0.1, 0.15) is 5.69 Å². The summed E-state index contributed by atoms with van der Waals surface area (Å²) in [6, 6.07) is 3.26. The van der Waals surface area contributed by atoms with E-state index < -0.39 is 0 Å². The Balaban J connectivity index is 3.22. The fraction of sp³-hybridized carbons (Fsp3) is 0.143. The number of aryl methyl sites for hydroxylation is 1. The molecule has 50 valence electrons. The summed E-state index contributed by atoms with van der Waals surface area (Å²) in [7, 11) is 0. The zero-order valence-electron chi connectivity index (χ0n) is 5.43. The second-order valence-corrected chi connectivity index (χ2v) is 2.33. The topological polar surface area (TPSA) is 17.2 Å². The van der Waals surface area contributed by atoms with Gasteiger partial charge in [0.05, 0.1) is 0 Å². The molecule has 0 atom stereocenters. The van der Waals surface area contributed by atoms with Crippen molar-refractivity contribution in [2.24, 2.45) is 0 Å². The van der Waals surface area contributed by atoms with Gasteiger partial charge in [0.1, 0.15) is 5.69 Å². The molecule has 0 saturated carbocycles. The van der Waals surface area contributed by atoms with Crippen molar-refractivity contribution in [2.75, 3.05) is 0 Å². The van der Waals surface area contributed by atoms with Gasteiger partial charge in [-0.05, 0) is 6.07 Å². The van der Waals surface area contributed by atoms with Gasteiger partial charge in [-0.25, -0.2) is 0 Å². The van der Waals surface area contributed by atoms with E-state index in [2.05, 4.69) is 9.83 Å². The Morgan fingerprint density at radius 2 is 2.30 bits per heavy atom. The lowest BCUT2D eigenvalue weighted by Crippen LogP contribution is -1.78. The molecule has 3 heteroatoms. The maximum absolute atomic E-state index is 6.64. The summed E-state index contributed by atoms with van der Waals surface area (Å²) in [5, 5.41) is 0.568. The van der Waals surface area contributed by atoms with Gasteiger partial charge in [0.2, 0.25) is 0 Å². The molecular weight excluding hydrogens is 148 g/mol. The maximum atomic E-state index is 6.64. The lowest BCUT2D eigenvalue weighted by Gasteiger charge is -1.90. The van der Waals surface area contributed by atoms with Crippen molar-refractivity contribution in [1.29, 1.82) is 0 Å². The van der Waals surface area contributed by atoms with Crippen LogP contribution in [-0.2, 0) is 0 Å². The third kappa shape index (κ3) is 1.46. The Hall–Kier alpha value is -1.07. The molecule has 0 fully saturated rings. The van der Waals surface area contributed by atoms with Crippen molar-refractivity contribution < 1.29 is 0 Å². The molecule has 0 bridgehead atoms. The van der Waals surface area contributed by atoms with Gasteiger partial charge < -0.3 is 4.85 Å². The van der Waals surface area contributed by atoms with E-state index in [9.17, 15) is 0 Å². The summed E-state index contributed by atoms with van der Waals surface area (Å²) in [6.45, 7) is 8.45. The molecule has 1 aromatic rings. The average Bonchev–Trinajstić information content (AvgIpc) is 1.85. The Bertz CT molecular complexity index is 268. The molecule has 2 nitrogen and oxygen atoms in total. The van der Waals surface area contributed by atoms with Crippen LogP contribution in [0.4, 0.5) is 5.82 Å². The fourth-order valence-corrected chi connectivity index (χ4v) is 0.923. The third-order valence-electron chi connectivity index (χ3n) is 1.02. The van der Waals surface area contributed by atoms with Crippen molar-refractivity contribution in [3.8, 4) is 0 Å². The maximum Gasteiger partial charge on any atom is 0.271 e. The van der Waals surface area contributed by atoms with E-state index in [1.54, 1.807) is 19.1 Å². The predicted octanol–water partition coefficient (Wildman–Crippen LogP) is 2.59. The Morgan fingerprint density at radius 1 is 1.60 bits per heavy atom. The minimum atomic E-state index is 0.352. The van der Waals surface area contributed by atoms with Crippen LogP contribution in [0.3, 0.4) is 0 Å². The molecule has 1 heterocycles. The molecule has 0 aliphatic rings. The largest absolute Gasteiger partial charge is 0.361 e. The SMILES string of the molecule is [C-]#[N+]c1cc(Cl)cc(C)n1. The van der Waals surface area contributed by atoms with E-state index in [0.717, 1.165) is 5.69 Å². The first-order valence-corrected chi connectivity index (χ1v) is 3.12. The molecule has 0 spiro atoms. The number of halogens is 1. The van der Waals surface area contributed by atoms with E-state index in [0.29, 0.717) is 10.8 Å². The number of pyridine rings is 1. The minimum Gasteiger partial charge on any atom is -0.361 e. The molecule has 0 aliphatic heterocycles. The normalized spacial score (nSPS) is 8.90. The molecule has 1 rings (SSSR count). The number of nitrogens with zero attached hydrogens (tertiary/aromatic N) is 2. The Labute approximate surface area is 64.3 Å². The van der Waals surface area contributed by atoms with Gasteiger partial charge in [-0.1, -0.05) is 18.2 Å². The van der Waals surface area contributed by atoms with Crippen molar-refractivity contribution in [3.63, 3.8) is 0 Å². The highest BCUT2D eigenvalue weighted by Crippen LogP contribution is 2.16. The average molecular weight is 153 g/mol. The zero-order valence-corrected chi connectivity index (χ0v) is 6.18. The molecule has 10 heavy (non-hydrogen) atoms. The van der Waals surface area contributed by atoms with Crippen LogP contribution >= 0.6 is 11.6 Å². The Kier molecular flexibility index (Phi) is 1.88. The highest BCUT2D eigenvalue weighted by Gasteiger charge is 1.97. The molecule has 0 aromatic carbocycles. The number of hydrogen-bond acceptors (Lipinski definition) is 1. The third-order valence-corrected chi connectivity index (χ3v) is 1.24. The van der Waals surface area contributed by atoms with Gasteiger partial charge in [0.25, 0.3) is 5.82 Å². The quantitative estimate of drug-likeness (QED) is 0.523. The molecule has 0 N–H and O–H groups in total. The highest BCUT2D eigenvalue weighted by molar-refractivity contribution is 6.30. The van der Waals surface area contributed by atoms with E-state index in [-0.39, 0.29) is 0 Å². The number of rotatable bonds is 0. The first kappa shape index (κ1) is 7.04. The van der Waals surface area contributed by atoms with Crippen LogP contribution in [0.25, 0.3) is 4.85 Å². The number of hydrogen-bond donors (Lipinski definition) is 0. The van der Waals surface area contributed by atoms with Crippen molar-refractivity contribution in [1.82, 2.24) is 4.98 Å². The van der Waals surface area contributed by atoms with Gasteiger partial charge in [-0.2, -0.15) is 0 Å². The molecule has 0 saturated heterocycles. The van der Waals surface area contributed by atoms with Gasteiger partial charge >= 0.3 is 0 Å². The van der Waals surface area contributed by atoms with Gasteiger partial charge in [0, 0.05) is 18.0 Å². The second kappa shape index (κ2) is 2.68. The first-order valence-electron chi connectivity index (χ1n) is 2.74. The summed E-state index contributed by atoms with van der Waals surface area (Å²) in [5.41, 5.74) is 0.776. The van der Waals surface area contributed by atoms with Crippen LogP contribution in [-0.4, -0.2) is 4.98 Å². The van der Waals surface area contributed by atoms with Gasteiger partial charge in [-0.3, -0.25) is 0 Å². The molecule has 0 aliphatic carbocycles. The molecule has 0 amide bonds. The van der Waals surface area contributed by atoms with E-state index >= 15 is 0 Å². The molecule has 0 radical (unpaired) electrons. The minimum absolute atomic E-state index is 0.352. The number of aromatic nitrogens is 1. The predicted molar refractivity (Wildman–Crippen MR) is 40.2 cm³/mol. The van der Waals surface area contributed by atoms with E-state index in [4.69, 9.17) is 18.2 Å². The monoisotopic (exact) mass is 152 g/mol. The lowest BCUT2D eigenvalue weighted by molar-refractivity contribution is 1.22. The second-order valence-electron chi connectivity index (χ2n) is 1.90. The van der Waals surface area contributed by atoms with Crippen molar-refractivity contribution >= 4 is 17.4 Å². The van der Waals surface area contributed by atoms with Gasteiger partial charge in [0.15, 0.2) is 0 Å². The van der Waals surface area contributed by atoms with Crippen molar-refractivity contribution in [3.05, 3.63) is 34.3 Å². The van der Waals surface area contributed by atoms with Crippen LogP contribution in [0, 0.1) is 13.5 Å². The molecule has 1 aromatic heterocycles. The smallest absolute Gasteiger partial charge is 0.271 e. The lowest BCUT2D eigenvalue weighted by atomic mass is 10.4. The Morgan fingerprint density at radius 3 is 2.80 bits per heavy atom. The zero-order chi connectivity index (χ0) is 7.56. The van der Waals surface area contributed by atoms with E-state index in [1.807, 2.05) is 0 Å². The summed E-state index contributed by atoms with van der Waals surface area (Å²) in [5.74, 6) is 0.352. The van der Waals surface area contributed by atoms with Crippen LogP contribution in [0.15, 0.2) is 12.1 Å². The van der Waals surface area contributed by atoms with Crippen LogP contribution in [0.2, 0.25) is 5.02 Å². The summed E-state index contributed by atoms with van der Waals surface area (Å²) in [6.07, 6.45) is 0. The first-order chi connectivity index (χ1) is 4.72. The van der Waals surface area contributed by atoms with Gasteiger partial charge in [-0.15, -0.1) is 4.98 Å². The van der Waals surface area contributed by atoms with Crippen LogP contribution < -0.4 is 0 Å². The van der Waals surface area contributed by atoms with E-state index in [1.165, 1.54) is 0 Å².